The van der Waals surface area contributed by atoms with Gasteiger partial charge in [0.2, 0.25) is 5.91 Å². The van der Waals surface area contributed by atoms with Gasteiger partial charge in [0.15, 0.2) is 0 Å². The standard InChI is InChI=1S/C35H41Cl2N3O2/c1-27(41)38(2)35(29-13-7-4-8-14-29)19-23-39(24-20-35)21-9-17-34(30-15-16-31(36)32(37)25-30)18-10-22-40(26-34)33(42)28-11-5-3-6-12-28/h3-8,11-16,25H,9-10,17-24,26H2,1-2H3/t34-/m0/s1/i7T. The topological polar surface area (TPSA) is 43.9 Å². The predicted octanol–water partition coefficient (Wildman–Crippen LogP) is 7.42. The molecule has 222 valence electrons. The molecule has 5 rings (SSSR count). The minimum atomic E-state index is -0.400. The largest absolute Gasteiger partial charge is 0.338 e. The lowest BCUT2D eigenvalue weighted by Gasteiger charge is -2.48. The van der Waals surface area contributed by atoms with Gasteiger partial charge in [-0.25, -0.2) is 0 Å². The van der Waals surface area contributed by atoms with E-state index in [4.69, 9.17) is 24.6 Å². The number of piperidine rings is 2. The Labute approximate surface area is 261 Å². The summed E-state index contributed by atoms with van der Waals surface area (Å²) < 4.78 is 8.17. The molecule has 0 aliphatic carbocycles. The van der Waals surface area contributed by atoms with Crippen molar-refractivity contribution < 1.29 is 11.0 Å². The van der Waals surface area contributed by atoms with Gasteiger partial charge in [0.1, 0.15) is 0 Å². The molecule has 0 radical (unpaired) electrons. The predicted molar refractivity (Wildman–Crippen MR) is 171 cm³/mol. The number of amides is 2. The highest BCUT2D eigenvalue weighted by molar-refractivity contribution is 6.42. The Bertz CT molecular complexity index is 1440. The first-order valence-corrected chi connectivity index (χ1v) is 15.7. The summed E-state index contributed by atoms with van der Waals surface area (Å²) in [7, 11) is 1.89. The monoisotopic (exact) mass is 607 g/mol. The second-order valence-corrected chi connectivity index (χ2v) is 12.8. The molecule has 2 fully saturated rings. The Morgan fingerprint density at radius 3 is 2.33 bits per heavy atom. The van der Waals surface area contributed by atoms with E-state index in [2.05, 4.69) is 17.0 Å². The molecule has 2 aliphatic heterocycles. The molecule has 2 amide bonds. The number of likely N-dealkylation sites (tertiary alicyclic amines) is 2. The first-order valence-electron chi connectivity index (χ1n) is 15.5. The van der Waals surface area contributed by atoms with Gasteiger partial charge < -0.3 is 14.7 Å². The maximum Gasteiger partial charge on any atom is 0.253 e. The summed E-state index contributed by atoms with van der Waals surface area (Å²) in [6, 6.07) is 23.6. The van der Waals surface area contributed by atoms with E-state index in [0.717, 1.165) is 81.4 Å². The van der Waals surface area contributed by atoms with Crippen LogP contribution in [0.3, 0.4) is 0 Å². The van der Waals surface area contributed by atoms with Gasteiger partial charge in [0, 0.05) is 51.1 Å². The van der Waals surface area contributed by atoms with Gasteiger partial charge in [-0.2, -0.15) is 0 Å². The van der Waals surface area contributed by atoms with E-state index in [-0.39, 0.29) is 17.2 Å². The molecule has 7 heteroatoms. The van der Waals surface area contributed by atoms with Crippen molar-refractivity contribution in [1.82, 2.24) is 14.7 Å². The smallest absolute Gasteiger partial charge is 0.253 e. The van der Waals surface area contributed by atoms with E-state index < -0.39 is 5.54 Å². The quantitative estimate of drug-likeness (QED) is 0.268. The highest BCUT2D eigenvalue weighted by atomic mass is 35.5. The summed E-state index contributed by atoms with van der Waals surface area (Å²) in [6.07, 6.45) is 5.47. The van der Waals surface area contributed by atoms with Crippen LogP contribution in [0.15, 0.2) is 78.8 Å². The fourth-order valence-corrected chi connectivity index (χ4v) is 7.37. The third kappa shape index (κ3) is 6.39. The van der Waals surface area contributed by atoms with Crippen molar-refractivity contribution in [3.63, 3.8) is 0 Å². The van der Waals surface area contributed by atoms with Gasteiger partial charge in [-0.15, -0.1) is 0 Å². The molecule has 5 nitrogen and oxygen atoms in total. The molecule has 42 heavy (non-hydrogen) atoms. The number of carbonyl (C=O) groups excluding carboxylic acids is 2. The number of carbonyl (C=O) groups is 2. The molecule has 0 saturated carbocycles. The summed E-state index contributed by atoms with van der Waals surface area (Å²) in [5.74, 6) is 0.114. The maximum absolute atomic E-state index is 13.5. The number of hydrogen-bond acceptors (Lipinski definition) is 3. The van der Waals surface area contributed by atoms with Crippen molar-refractivity contribution in [1.29, 1.82) is 0 Å². The third-order valence-corrected chi connectivity index (χ3v) is 10.3. The molecule has 0 unspecified atom stereocenters. The molecule has 2 heterocycles. The molecule has 3 aromatic rings. The average molecular weight is 609 g/mol. The molecule has 1 atom stereocenters. The van der Waals surface area contributed by atoms with Crippen LogP contribution in [0.2, 0.25) is 10.0 Å². The Morgan fingerprint density at radius 2 is 1.64 bits per heavy atom. The van der Waals surface area contributed by atoms with Crippen LogP contribution in [-0.2, 0) is 15.7 Å². The second-order valence-electron chi connectivity index (χ2n) is 12.0. The maximum atomic E-state index is 13.5. The van der Waals surface area contributed by atoms with Crippen LogP contribution in [0.25, 0.3) is 0 Å². The highest BCUT2D eigenvalue weighted by Gasteiger charge is 2.42. The molecule has 2 saturated heterocycles. The normalized spacial score (nSPS) is 21.0. The van der Waals surface area contributed by atoms with Crippen LogP contribution in [-0.4, -0.2) is 66.3 Å². The molecule has 0 spiro atoms. The van der Waals surface area contributed by atoms with Crippen LogP contribution >= 0.6 is 23.2 Å². The second kappa shape index (κ2) is 13.2. The SMILES string of the molecule is [3H]c1cccc(C2(N(C)C(C)=O)CCN(CCC[C@]3(c4ccc(Cl)c(Cl)c4)CCCN(C(=O)c4ccccc4)C3)CC2)c1. The first kappa shape index (κ1) is 29.2. The number of nitrogens with zero attached hydrogens (tertiary/aromatic N) is 3. The van der Waals surface area contributed by atoms with Crippen LogP contribution in [0.4, 0.5) is 0 Å². The van der Waals surface area contributed by atoms with Crippen molar-refractivity contribution in [3.05, 3.63) is 106 Å². The fourth-order valence-electron chi connectivity index (χ4n) is 7.07. The fraction of sp³-hybridized carbons (Fsp3) is 0.429. The summed E-state index contributed by atoms with van der Waals surface area (Å²) >= 11 is 12.8. The third-order valence-electron chi connectivity index (χ3n) is 9.59. The van der Waals surface area contributed by atoms with E-state index >= 15 is 0 Å². The number of rotatable bonds is 8. The Kier molecular flexibility index (Phi) is 9.18. The average Bonchev–Trinajstić information content (AvgIpc) is 3.02. The van der Waals surface area contributed by atoms with Gasteiger partial charge in [-0.3, -0.25) is 9.59 Å². The molecule has 0 aromatic heterocycles. The number of benzene rings is 3. The van der Waals surface area contributed by atoms with Gasteiger partial charge in [-0.1, -0.05) is 77.8 Å². The number of halogens is 2. The molecular formula is C35H41Cl2N3O2. The van der Waals surface area contributed by atoms with Crippen molar-refractivity contribution in [2.45, 2.75) is 56.4 Å². The van der Waals surface area contributed by atoms with Gasteiger partial charge in [0.25, 0.3) is 5.91 Å². The van der Waals surface area contributed by atoms with Gasteiger partial charge >= 0.3 is 0 Å². The lowest BCUT2D eigenvalue weighted by Crippen LogP contribution is -2.53. The summed E-state index contributed by atoms with van der Waals surface area (Å²) in [5, 5.41) is 1.08. The summed E-state index contributed by atoms with van der Waals surface area (Å²) in [6.45, 7) is 5.70. The van der Waals surface area contributed by atoms with Crippen molar-refractivity contribution in [3.8, 4) is 0 Å². The van der Waals surface area contributed by atoms with E-state index in [1.54, 1.807) is 13.0 Å². The zero-order valence-electron chi connectivity index (χ0n) is 25.6. The van der Waals surface area contributed by atoms with Crippen LogP contribution in [0.1, 0.15) is 68.3 Å². The minimum absolute atomic E-state index is 0.0410. The van der Waals surface area contributed by atoms with E-state index in [9.17, 15) is 9.59 Å². The zero-order valence-corrected chi connectivity index (χ0v) is 26.1. The van der Waals surface area contributed by atoms with E-state index in [1.165, 1.54) is 0 Å². The number of hydrogen-bond donors (Lipinski definition) is 0. The van der Waals surface area contributed by atoms with Crippen LogP contribution in [0, 0.1) is 0 Å². The first-order chi connectivity index (χ1) is 20.6. The lowest BCUT2D eigenvalue weighted by atomic mass is 9.70. The zero-order chi connectivity index (χ0) is 30.6. The van der Waals surface area contributed by atoms with Crippen LogP contribution in [0.5, 0.6) is 0 Å². The summed E-state index contributed by atoms with van der Waals surface area (Å²) in [4.78, 5) is 32.4. The molecule has 0 bridgehead atoms. The molecule has 0 N–H and O–H groups in total. The molecule has 3 aromatic carbocycles. The summed E-state index contributed by atoms with van der Waals surface area (Å²) in [5.41, 5.74) is 2.29. The molecule has 2 aliphatic rings. The Morgan fingerprint density at radius 1 is 0.905 bits per heavy atom. The van der Waals surface area contributed by atoms with Crippen LogP contribution < -0.4 is 0 Å². The van der Waals surface area contributed by atoms with Gasteiger partial charge in [0.05, 0.1) is 17.0 Å². The molecular weight excluding hydrogens is 565 g/mol. The van der Waals surface area contributed by atoms with E-state index in [0.29, 0.717) is 22.6 Å². The van der Waals surface area contributed by atoms with E-state index in [1.807, 2.05) is 71.4 Å². The van der Waals surface area contributed by atoms with Crippen molar-refractivity contribution >= 4 is 35.0 Å². The highest BCUT2D eigenvalue weighted by Crippen LogP contribution is 2.42. The lowest BCUT2D eigenvalue weighted by molar-refractivity contribution is -0.136. The minimum Gasteiger partial charge on any atom is -0.338 e. The Hall–Kier alpha value is -2.86. The van der Waals surface area contributed by atoms with Crippen molar-refractivity contribution in [2.24, 2.45) is 0 Å². The van der Waals surface area contributed by atoms with Gasteiger partial charge in [-0.05, 0) is 80.5 Å². The Balaban J connectivity index is 1.30. The van der Waals surface area contributed by atoms with Crippen molar-refractivity contribution in [2.75, 3.05) is 39.8 Å².